The normalized spacial score (nSPS) is 10.3. The van der Waals surface area contributed by atoms with Crippen molar-refractivity contribution in [2.24, 2.45) is 0 Å². The Bertz CT molecular complexity index is 806. The molecule has 2 aromatic heterocycles. The van der Waals surface area contributed by atoms with Crippen molar-refractivity contribution >= 4 is 17.5 Å². The summed E-state index contributed by atoms with van der Waals surface area (Å²) in [5.74, 6) is 1.78. The van der Waals surface area contributed by atoms with Gasteiger partial charge in [0.2, 0.25) is 11.8 Å². The molecule has 0 unspecified atom stereocenters. The van der Waals surface area contributed by atoms with E-state index in [1.807, 2.05) is 31.1 Å². The summed E-state index contributed by atoms with van der Waals surface area (Å²) < 4.78 is 18.5. The molecule has 122 valence electrons. The Hall–Kier alpha value is -3.22. The first-order valence-electron chi connectivity index (χ1n) is 7.27. The van der Waals surface area contributed by atoms with Crippen molar-refractivity contribution in [3.63, 3.8) is 0 Å². The maximum absolute atomic E-state index is 12.9. The summed E-state index contributed by atoms with van der Waals surface area (Å²) in [5, 5.41) is 3.06. The molecule has 0 amide bonds. The highest BCUT2D eigenvalue weighted by molar-refractivity contribution is 5.54. The molecule has 0 bridgehead atoms. The molecular formula is C17H16FN5O. The van der Waals surface area contributed by atoms with Crippen LogP contribution >= 0.6 is 0 Å². The predicted octanol–water partition coefficient (Wildman–Crippen LogP) is 3.61. The van der Waals surface area contributed by atoms with E-state index in [1.54, 1.807) is 18.5 Å². The van der Waals surface area contributed by atoms with Crippen LogP contribution in [0.5, 0.6) is 11.6 Å². The third kappa shape index (κ3) is 3.95. The number of anilines is 3. The zero-order valence-electron chi connectivity index (χ0n) is 13.3. The summed E-state index contributed by atoms with van der Waals surface area (Å²) in [5.41, 5.74) is 0.763. The minimum atomic E-state index is -0.318. The van der Waals surface area contributed by atoms with Gasteiger partial charge in [-0.05, 0) is 36.4 Å². The largest absolute Gasteiger partial charge is 0.439 e. The summed E-state index contributed by atoms with van der Waals surface area (Å²) in [4.78, 5) is 14.6. The number of ether oxygens (including phenoxy) is 1. The van der Waals surface area contributed by atoms with Gasteiger partial charge in [-0.1, -0.05) is 0 Å². The van der Waals surface area contributed by atoms with Gasteiger partial charge in [-0.25, -0.2) is 14.4 Å². The Balaban J connectivity index is 1.71. The summed E-state index contributed by atoms with van der Waals surface area (Å²) in [6.45, 7) is 0. The maximum atomic E-state index is 12.9. The van der Waals surface area contributed by atoms with Crippen LogP contribution < -0.4 is 15.0 Å². The number of nitrogens with zero attached hydrogens (tertiary/aromatic N) is 4. The molecule has 0 fully saturated rings. The Labute approximate surface area is 139 Å². The number of halogens is 1. The highest BCUT2D eigenvalue weighted by Crippen LogP contribution is 2.21. The van der Waals surface area contributed by atoms with E-state index in [1.165, 1.54) is 24.3 Å². The van der Waals surface area contributed by atoms with Crippen molar-refractivity contribution in [1.82, 2.24) is 15.0 Å². The lowest BCUT2D eigenvalue weighted by Gasteiger charge is -2.12. The minimum absolute atomic E-state index is 0.318. The maximum Gasteiger partial charge on any atom is 0.230 e. The number of rotatable bonds is 5. The minimum Gasteiger partial charge on any atom is -0.439 e. The summed E-state index contributed by atoms with van der Waals surface area (Å²) in [7, 11) is 3.85. The van der Waals surface area contributed by atoms with Crippen LogP contribution in [0, 0.1) is 5.82 Å². The van der Waals surface area contributed by atoms with Gasteiger partial charge in [0.15, 0.2) is 0 Å². The van der Waals surface area contributed by atoms with E-state index in [2.05, 4.69) is 20.3 Å². The second-order valence-electron chi connectivity index (χ2n) is 5.20. The van der Waals surface area contributed by atoms with Gasteiger partial charge in [-0.2, -0.15) is 4.98 Å². The molecule has 3 rings (SSSR count). The number of benzene rings is 1. The van der Waals surface area contributed by atoms with E-state index in [4.69, 9.17) is 4.74 Å². The smallest absolute Gasteiger partial charge is 0.230 e. The molecule has 0 saturated carbocycles. The molecule has 24 heavy (non-hydrogen) atoms. The number of hydrogen-bond donors (Lipinski definition) is 1. The van der Waals surface area contributed by atoms with Gasteiger partial charge in [0.1, 0.15) is 17.4 Å². The molecule has 0 saturated heterocycles. The average Bonchev–Trinajstić information content (AvgIpc) is 2.58. The highest BCUT2D eigenvalue weighted by atomic mass is 19.1. The molecule has 7 heteroatoms. The van der Waals surface area contributed by atoms with Gasteiger partial charge in [-0.3, -0.25) is 0 Å². The molecule has 0 aliphatic heterocycles. The van der Waals surface area contributed by atoms with E-state index in [0.717, 1.165) is 11.5 Å². The fraction of sp³-hybridized carbons (Fsp3) is 0.118. The van der Waals surface area contributed by atoms with Crippen LogP contribution in [0.1, 0.15) is 0 Å². The lowest BCUT2D eigenvalue weighted by atomic mass is 10.3. The lowest BCUT2D eigenvalue weighted by Crippen LogP contribution is -2.10. The van der Waals surface area contributed by atoms with Crippen LogP contribution in [-0.4, -0.2) is 29.0 Å². The van der Waals surface area contributed by atoms with E-state index in [0.29, 0.717) is 17.6 Å². The Morgan fingerprint density at radius 2 is 1.79 bits per heavy atom. The molecule has 0 aliphatic carbocycles. The number of hydrogen-bond acceptors (Lipinski definition) is 6. The summed E-state index contributed by atoms with van der Waals surface area (Å²) in [6, 6.07) is 11.1. The second-order valence-corrected chi connectivity index (χ2v) is 5.20. The highest BCUT2D eigenvalue weighted by Gasteiger charge is 2.04. The number of aromatic nitrogens is 3. The van der Waals surface area contributed by atoms with Gasteiger partial charge in [0.05, 0.1) is 11.9 Å². The average molecular weight is 325 g/mol. The van der Waals surface area contributed by atoms with Crippen molar-refractivity contribution in [3.8, 4) is 11.6 Å². The van der Waals surface area contributed by atoms with Crippen LogP contribution in [0.2, 0.25) is 0 Å². The molecule has 1 N–H and O–H groups in total. The quantitative estimate of drug-likeness (QED) is 0.773. The second kappa shape index (κ2) is 6.91. The van der Waals surface area contributed by atoms with Crippen LogP contribution in [0.25, 0.3) is 0 Å². The number of pyridine rings is 1. The molecule has 0 atom stereocenters. The molecule has 3 aromatic rings. The molecular weight excluding hydrogens is 309 g/mol. The first-order valence-corrected chi connectivity index (χ1v) is 7.27. The van der Waals surface area contributed by atoms with Crippen molar-refractivity contribution in [1.29, 1.82) is 0 Å². The Kier molecular flexibility index (Phi) is 4.51. The Morgan fingerprint density at radius 1 is 1.00 bits per heavy atom. The molecule has 6 nitrogen and oxygen atoms in total. The van der Waals surface area contributed by atoms with E-state index < -0.39 is 0 Å². The summed E-state index contributed by atoms with van der Waals surface area (Å²) in [6.07, 6.45) is 3.28. The molecule has 1 aromatic carbocycles. The standard InChI is InChI=1S/C17H16FN5O/c1-23(2)15-8-5-13(11-20-15)21-17-19-10-9-16(22-17)24-14-6-3-12(18)4-7-14/h3-11H,1-2H3,(H,19,21,22). The third-order valence-electron chi connectivity index (χ3n) is 3.13. The predicted molar refractivity (Wildman–Crippen MR) is 90.4 cm³/mol. The lowest BCUT2D eigenvalue weighted by molar-refractivity contribution is 0.461. The summed E-state index contributed by atoms with van der Waals surface area (Å²) >= 11 is 0. The van der Waals surface area contributed by atoms with Gasteiger partial charge < -0.3 is 15.0 Å². The van der Waals surface area contributed by atoms with Gasteiger partial charge in [-0.15, -0.1) is 0 Å². The topological polar surface area (TPSA) is 63.2 Å². The zero-order valence-corrected chi connectivity index (χ0v) is 13.3. The van der Waals surface area contributed by atoms with Gasteiger partial charge in [0, 0.05) is 26.4 Å². The molecule has 2 heterocycles. The fourth-order valence-electron chi connectivity index (χ4n) is 1.94. The van der Waals surface area contributed by atoms with Crippen LogP contribution in [0.3, 0.4) is 0 Å². The van der Waals surface area contributed by atoms with E-state index in [-0.39, 0.29) is 5.82 Å². The monoisotopic (exact) mass is 325 g/mol. The Morgan fingerprint density at radius 3 is 2.46 bits per heavy atom. The molecule has 0 spiro atoms. The third-order valence-corrected chi connectivity index (χ3v) is 3.13. The van der Waals surface area contributed by atoms with E-state index >= 15 is 0 Å². The van der Waals surface area contributed by atoms with Crippen molar-refractivity contribution < 1.29 is 9.13 Å². The van der Waals surface area contributed by atoms with Gasteiger partial charge >= 0.3 is 0 Å². The van der Waals surface area contributed by atoms with Crippen molar-refractivity contribution in [3.05, 3.63) is 60.7 Å². The van der Waals surface area contributed by atoms with Crippen molar-refractivity contribution in [2.45, 2.75) is 0 Å². The van der Waals surface area contributed by atoms with Crippen LogP contribution in [-0.2, 0) is 0 Å². The zero-order chi connectivity index (χ0) is 16.9. The molecule has 0 radical (unpaired) electrons. The molecule has 0 aliphatic rings. The fourth-order valence-corrected chi connectivity index (χ4v) is 1.94. The van der Waals surface area contributed by atoms with Crippen LogP contribution in [0.4, 0.5) is 21.8 Å². The van der Waals surface area contributed by atoms with E-state index in [9.17, 15) is 4.39 Å². The van der Waals surface area contributed by atoms with Crippen LogP contribution in [0.15, 0.2) is 54.9 Å². The van der Waals surface area contributed by atoms with Crippen molar-refractivity contribution in [2.75, 3.05) is 24.3 Å². The van der Waals surface area contributed by atoms with Gasteiger partial charge in [0.25, 0.3) is 0 Å². The first kappa shape index (κ1) is 15.7. The SMILES string of the molecule is CN(C)c1ccc(Nc2nccc(Oc3ccc(F)cc3)n2)cn1. The number of nitrogens with one attached hydrogen (secondary N) is 1. The first-order chi connectivity index (χ1) is 11.6.